The molecule has 0 saturated heterocycles. The highest BCUT2D eigenvalue weighted by atomic mass is 32.2. The van der Waals surface area contributed by atoms with Gasteiger partial charge in [0.2, 0.25) is 21.8 Å². The number of nitrogens with zero attached hydrogens (tertiary/aromatic N) is 2. The normalized spacial score (nSPS) is 26.2. The molecule has 2 aromatic carbocycles. The molecule has 7 nitrogen and oxygen atoms in total. The molecule has 4 saturated carbocycles. The summed E-state index contributed by atoms with van der Waals surface area (Å²) in [5.41, 5.74) is 3.05. The van der Waals surface area contributed by atoms with Crippen LogP contribution in [-0.2, 0) is 31.4 Å². The Balaban J connectivity index is 1.35. The zero-order valence-corrected chi connectivity index (χ0v) is 24.1. The Hall–Kier alpha value is -2.87. The van der Waals surface area contributed by atoms with Gasteiger partial charge in [0.05, 0.1) is 11.9 Å². The zero-order chi connectivity index (χ0) is 27.8. The summed E-state index contributed by atoms with van der Waals surface area (Å²) < 4.78 is 27.0. The third-order valence-corrected chi connectivity index (χ3v) is 10.5. The minimum Gasteiger partial charge on any atom is -0.357 e. The third-order valence-electron chi connectivity index (χ3n) is 9.38. The van der Waals surface area contributed by atoms with E-state index < -0.39 is 22.0 Å². The van der Waals surface area contributed by atoms with Gasteiger partial charge in [-0.05, 0) is 98.3 Å². The number of rotatable bonds is 10. The molecule has 39 heavy (non-hydrogen) atoms. The number of sulfonamides is 1. The van der Waals surface area contributed by atoms with Crippen molar-refractivity contribution in [2.75, 3.05) is 30.7 Å². The van der Waals surface area contributed by atoms with Gasteiger partial charge in [0.1, 0.15) is 12.6 Å². The van der Waals surface area contributed by atoms with Crippen LogP contribution in [0.5, 0.6) is 0 Å². The minimum atomic E-state index is -3.74. The molecular weight excluding hydrogens is 510 g/mol. The van der Waals surface area contributed by atoms with Crippen LogP contribution in [0.25, 0.3) is 0 Å². The number of carbonyl (C=O) groups excluding carboxylic acids is 2. The number of benzene rings is 2. The lowest BCUT2D eigenvalue weighted by Crippen LogP contribution is -2.51. The number of amides is 2. The van der Waals surface area contributed by atoms with E-state index in [9.17, 15) is 18.0 Å². The maximum Gasteiger partial charge on any atom is 0.244 e. The van der Waals surface area contributed by atoms with Crippen LogP contribution in [0.15, 0.2) is 54.6 Å². The van der Waals surface area contributed by atoms with Gasteiger partial charge < -0.3 is 10.2 Å². The molecule has 4 fully saturated rings. The van der Waals surface area contributed by atoms with Gasteiger partial charge in [-0.3, -0.25) is 13.9 Å². The monoisotopic (exact) mass is 551 g/mol. The molecule has 210 valence electrons. The van der Waals surface area contributed by atoms with Gasteiger partial charge in [-0.2, -0.15) is 0 Å². The average Bonchev–Trinajstić information content (AvgIpc) is 2.90. The summed E-state index contributed by atoms with van der Waals surface area (Å²) >= 11 is 0. The quantitative estimate of drug-likeness (QED) is 0.481. The molecule has 4 aliphatic rings. The molecule has 0 radical (unpaired) electrons. The van der Waals surface area contributed by atoms with Crippen LogP contribution in [0.1, 0.15) is 56.6 Å². The molecule has 4 aliphatic carbocycles. The van der Waals surface area contributed by atoms with Crippen molar-refractivity contribution in [1.82, 2.24) is 10.2 Å². The van der Waals surface area contributed by atoms with Crippen molar-refractivity contribution in [3.05, 3.63) is 65.7 Å². The Morgan fingerprint density at radius 3 is 2.03 bits per heavy atom. The molecule has 0 aliphatic heterocycles. The second-order valence-corrected chi connectivity index (χ2v) is 14.0. The number of hydrogen-bond acceptors (Lipinski definition) is 4. The SMILES string of the molecule is CNC(=O)C(C)N(CCc1ccccc1)C(=O)CN(c1ccc(C23CC4CC(CC(C4)C2)C3)cc1)S(C)(=O)=O. The van der Waals surface area contributed by atoms with E-state index in [-0.39, 0.29) is 17.9 Å². The van der Waals surface area contributed by atoms with Crippen molar-refractivity contribution >= 4 is 27.5 Å². The smallest absolute Gasteiger partial charge is 0.244 e. The van der Waals surface area contributed by atoms with Crippen LogP contribution in [-0.4, -0.2) is 57.6 Å². The van der Waals surface area contributed by atoms with E-state index in [1.807, 2.05) is 42.5 Å². The van der Waals surface area contributed by atoms with Crippen LogP contribution in [0, 0.1) is 17.8 Å². The molecule has 1 unspecified atom stereocenters. The molecule has 2 aromatic rings. The molecule has 6 rings (SSSR count). The lowest BCUT2D eigenvalue weighted by molar-refractivity contribution is -0.138. The second-order valence-electron chi connectivity index (χ2n) is 12.1. The molecule has 1 atom stereocenters. The van der Waals surface area contributed by atoms with Gasteiger partial charge in [-0.15, -0.1) is 0 Å². The maximum atomic E-state index is 13.6. The molecule has 4 bridgehead atoms. The van der Waals surface area contributed by atoms with Gasteiger partial charge in [-0.25, -0.2) is 8.42 Å². The topological polar surface area (TPSA) is 86.8 Å². The predicted octanol–water partition coefficient (Wildman–Crippen LogP) is 4.13. The molecule has 0 spiro atoms. The fraction of sp³-hybridized carbons (Fsp3) is 0.548. The van der Waals surface area contributed by atoms with Gasteiger partial charge >= 0.3 is 0 Å². The summed E-state index contributed by atoms with van der Waals surface area (Å²) in [6.07, 6.45) is 9.51. The Bertz CT molecular complexity index is 1260. The predicted molar refractivity (Wildman–Crippen MR) is 154 cm³/mol. The first-order valence-corrected chi connectivity index (χ1v) is 16.1. The first kappa shape index (κ1) is 27.7. The van der Waals surface area contributed by atoms with E-state index in [4.69, 9.17) is 0 Å². The van der Waals surface area contributed by atoms with Crippen LogP contribution in [0.3, 0.4) is 0 Å². The van der Waals surface area contributed by atoms with Crippen LogP contribution < -0.4 is 9.62 Å². The summed E-state index contributed by atoms with van der Waals surface area (Å²) in [5, 5.41) is 2.61. The lowest BCUT2D eigenvalue weighted by atomic mass is 9.48. The Morgan fingerprint density at radius 2 is 1.51 bits per heavy atom. The molecular formula is C31H41N3O4S. The standard InChI is InChI=1S/C31H41N3O4S/c1-22(30(36)32-2)33(14-13-23-7-5-4-6-8-23)29(35)21-34(39(3,37)38)28-11-9-27(10-12-28)31-18-24-15-25(19-31)17-26(16-24)20-31/h4-12,22,24-26H,13-21H2,1-3H3,(H,32,36). The van der Waals surface area contributed by atoms with Crippen molar-refractivity contribution < 1.29 is 18.0 Å². The Labute approximate surface area is 233 Å². The average molecular weight is 552 g/mol. The molecule has 1 N–H and O–H groups in total. The zero-order valence-electron chi connectivity index (χ0n) is 23.3. The van der Waals surface area contributed by atoms with Gasteiger partial charge in [0.15, 0.2) is 0 Å². The third kappa shape index (κ3) is 5.86. The summed E-state index contributed by atoms with van der Waals surface area (Å²) in [4.78, 5) is 27.6. The summed E-state index contributed by atoms with van der Waals surface area (Å²) in [5.74, 6) is 1.78. The highest BCUT2D eigenvalue weighted by Crippen LogP contribution is 2.60. The van der Waals surface area contributed by atoms with E-state index in [1.54, 1.807) is 6.92 Å². The summed E-state index contributed by atoms with van der Waals surface area (Å²) in [6.45, 7) is 1.62. The van der Waals surface area contributed by atoms with E-state index in [1.165, 1.54) is 60.3 Å². The fourth-order valence-electron chi connectivity index (χ4n) is 7.84. The van der Waals surface area contributed by atoms with Gasteiger partial charge in [-0.1, -0.05) is 42.5 Å². The van der Waals surface area contributed by atoms with E-state index >= 15 is 0 Å². The highest BCUT2D eigenvalue weighted by molar-refractivity contribution is 7.92. The Kier molecular flexibility index (Phi) is 7.77. The summed E-state index contributed by atoms with van der Waals surface area (Å²) in [7, 11) is -2.20. The minimum absolute atomic E-state index is 0.218. The first-order chi connectivity index (χ1) is 18.6. The van der Waals surface area contributed by atoms with Gasteiger partial charge in [0, 0.05) is 13.6 Å². The van der Waals surface area contributed by atoms with Crippen LogP contribution in [0.4, 0.5) is 5.69 Å². The van der Waals surface area contributed by atoms with E-state index in [0.717, 1.165) is 29.6 Å². The molecule has 2 amide bonds. The van der Waals surface area contributed by atoms with E-state index in [2.05, 4.69) is 17.4 Å². The largest absolute Gasteiger partial charge is 0.357 e. The van der Waals surface area contributed by atoms with Crippen LogP contribution >= 0.6 is 0 Å². The number of carbonyl (C=O) groups is 2. The summed E-state index contributed by atoms with van der Waals surface area (Å²) in [6, 6.07) is 16.9. The molecule has 8 heteroatoms. The molecule has 0 aromatic heterocycles. The first-order valence-electron chi connectivity index (χ1n) is 14.2. The van der Waals surface area contributed by atoms with Crippen molar-refractivity contribution in [2.45, 2.75) is 63.3 Å². The van der Waals surface area contributed by atoms with Crippen LogP contribution in [0.2, 0.25) is 0 Å². The van der Waals surface area contributed by atoms with Crippen molar-refractivity contribution in [3.63, 3.8) is 0 Å². The molecule has 0 heterocycles. The number of anilines is 1. The fourth-order valence-corrected chi connectivity index (χ4v) is 8.69. The number of hydrogen-bond donors (Lipinski definition) is 1. The number of likely N-dealkylation sites (N-methyl/N-ethyl adjacent to an activating group) is 1. The second kappa shape index (κ2) is 11.0. The Morgan fingerprint density at radius 1 is 0.949 bits per heavy atom. The maximum absolute atomic E-state index is 13.6. The van der Waals surface area contributed by atoms with Crippen molar-refractivity contribution in [3.8, 4) is 0 Å². The van der Waals surface area contributed by atoms with Crippen molar-refractivity contribution in [2.24, 2.45) is 17.8 Å². The number of nitrogens with one attached hydrogen (secondary N) is 1. The van der Waals surface area contributed by atoms with Crippen molar-refractivity contribution in [1.29, 1.82) is 0 Å². The van der Waals surface area contributed by atoms with E-state index in [0.29, 0.717) is 18.7 Å². The highest BCUT2D eigenvalue weighted by Gasteiger charge is 2.51. The lowest BCUT2D eigenvalue weighted by Gasteiger charge is -2.57. The van der Waals surface area contributed by atoms with Gasteiger partial charge in [0.25, 0.3) is 0 Å².